The van der Waals surface area contributed by atoms with Crippen molar-refractivity contribution in [1.29, 1.82) is 5.26 Å². The van der Waals surface area contributed by atoms with Crippen LogP contribution in [0.1, 0.15) is 16.1 Å². The van der Waals surface area contributed by atoms with Gasteiger partial charge < -0.3 is 15.0 Å². The Morgan fingerprint density at radius 1 is 1.22 bits per heavy atom. The summed E-state index contributed by atoms with van der Waals surface area (Å²) >= 11 is 0. The first-order valence-electron chi connectivity index (χ1n) is 7.23. The molecule has 2 aromatic rings. The van der Waals surface area contributed by atoms with E-state index in [1.807, 2.05) is 6.07 Å². The van der Waals surface area contributed by atoms with Crippen molar-refractivity contribution in [1.82, 2.24) is 14.9 Å². The molecule has 0 unspecified atom stereocenters. The van der Waals surface area contributed by atoms with Crippen molar-refractivity contribution in [3.8, 4) is 6.07 Å². The molecule has 0 atom stereocenters. The third-order valence-corrected chi connectivity index (χ3v) is 3.48. The first-order valence-corrected chi connectivity index (χ1v) is 7.23. The molecule has 1 fully saturated rings. The van der Waals surface area contributed by atoms with Gasteiger partial charge in [0.1, 0.15) is 17.6 Å². The third kappa shape index (κ3) is 3.44. The molecule has 23 heavy (non-hydrogen) atoms. The van der Waals surface area contributed by atoms with Crippen molar-refractivity contribution < 1.29 is 9.53 Å². The summed E-state index contributed by atoms with van der Waals surface area (Å²) in [4.78, 5) is 22.3. The summed E-state index contributed by atoms with van der Waals surface area (Å²) in [5, 5.41) is 12.1. The standard InChI is InChI=1S/C16H15N5O2/c17-9-12-3-1-2-4-13(12)20-15-11-18-14(10-19-15)16(22)21-5-7-23-8-6-21/h1-4,10-11H,5-8H2,(H,19,20). The highest BCUT2D eigenvalue weighted by molar-refractivity contribution is 5.92. The van der Waals surface area contributed by atoms with E-state index in [1.54, 1.807) is 23.1 Å². The number of ether oxygens (including phenoxy) is 1. The van der Waals surface area contributed by atoms with E-state index in [4.69, 9.17) is 10.00 Å². The van der Waals surface area contributed by atoms with Crippen LogP contribution < -0.4 is 5.32 Å². The van der Waals surface area contributed by atoms with E-state index in [2.05, 4.69) is 21.4 Å². The van der Waals surface area contributed by atoms with Crippen LogP contribution >= 0.6 is 0 Å². The van der Waals surface area contributed by atoms with E-state index in [0.717, 1.165) is 0 Å². The van der Waals surface area contributed by atoms with Crippen molar-refractivity contribution in [3.63, 3.8) is 0 Å². The number of anilines is 2. The molecule has 0 radical (unpaired) electrons. The van der Waals surface area contributed by atoms with E-state index in [9.17, 15) is 4.79 Å². The predicted molar refractivity (Wildman–Crippen MR) is 83.2 cm³/mol. The highest BCUT2D eigenvalue weighted by Crippen LogP contribution is 2.18. The lowest BCUT2D eigenvalue weighted by Crippen LogP contribution is -2.41. The summed E-state index contributed by atoms with van der Waals surface area (Å²) in [6.07, 6.45) is 2.93. The molecule has 1 saturated heterocycles. The SMILES string of the molecule is N#Cc1ccccc1Nc1cnc(C(=O)N2CCOCC2)cn1. The first kappa shape index (κ1) is 14.9. The zero-order valence-corrected chi connectivity index (χ0v) is 12.4. The van der Waals surface area contributed by atoms with Crippen LogP contribution in [0.25, 0.3) is 0 Å². The molecule has 116 valence electrons. The second-order valence-corrected chi connectivity index (χ2v) is 4.97. The summed E-state index contributed by atoms with van der Waals surface area (Å²) in [6.45, 7) is 2.22. The molecule has 1 aromatic carbocycles. The second-order valence-electron chi connectivity index (χ2n) is 4.97. The number of aromatic nitrogens is 2. The first-order chi connectivity index (χ1) is 11.3. The molecule has 7 heteroatoms. The predicted octanol–water partition coefficient (Wildman–Crippen LogP) is 1.56. The van der Waals surface area contributed by atoms with Crippen LogP contribution in [-0.2, 0) is 4.74 Å². The van der Waals surface area contributed by atoms with E-state index < -0.39 is 0 Å². The average Bonchev–Trinajstić information content (AvgIpc) is 2.63. The summed E-state index contributed by atoms with van der Waals surface area (Å²) < 4.78 is 5.23. The summed E-state index contributed by atoms with van der Waals surface area (Å²) in [5.41, 5.74) is 1.46. The number of benzene rings is 1. The van der Waals surface area contributed by atoms with Gasteiger partial charge in [0.05, 0.1) is 36.9 Å². The number of para-hydroxylation sites is 1. The minimum Gasteiger partial charge on any atom is -0.378 e. The summed E-state index contributed by atoms with van der Waals surface area (Å²) in [5.74, 6) is 0.330. The van der Waals surface area contributed by atoms with Crippen molar-refractivity contribution in [3.05, 3.63) is 47.9 Å². The van der Waals surface area contributed by atoms with Gasteiger partial charge in [-0.15, -0.1) is 0 Å². The number of amides is 1. The number of morpholine rings is 1. The zero-order valence-electron chi connectivity index (χ0n) is 12.4. The number of carbonyl (C=O) groups is 1. The molecular formula is C16H15N5O2. The number of nitrogens with one attached hydrogen (secondary N) is 1. The monoisotopic (exact) mass is 309 g/mol. The Morgan fingerprint density at radius 3 is 2.70 bits per heavy atom. The van der Waals surface area contributed by atoms with Gasteiger partial charge in [0.25, 0.3) is 5.91 Å². The maximum Gasteiger partial charge on any atom is 0.274 e. The number of rotatable bonds is 3. The number of nitrogens with zero attached hydrogens (tertiary/aromatic N) is 4. The van der Waals surface area contributed by atoms with Crippen LogP contribution in [0.15, 0.2) is 36.7 Å². The van der Waals surface area contributed by atoms with Crippen molar-refractivity contribution in [2.75, 3.05) is 31.6 Å². The average molecular weight is 309 g/mol. The lowest BCUT2D eigenvalue weighted by molar-refractivity contribution is 0.0298. The Bertz CT molecular complexity index is 733. The molecule has 7 nitrogen and oxygen atoms in total. The van der Waals surface area contributed by atoms with Crippen LogP contribution in [-0.4, -0.2) is 47.1 Å². The normalized spacial score (nSPS) is 14.1. The number of hydrogen-bond donors (Lipinski definition) is 1. The number of nitriles is 1. The van der Waals surface area contributed by atoms with Gasteiger partial charge in [-0.3, -0.25) is 4.79 Å². The fourth-order valence-electron chi connectivity index (χ4n) is 2.26. The third-order valence-electron chi connectivity index (χ3n) is 3.48. The maximum atomic E-state index is 12.3. The Balaban J connectivity index is 1.72. The van der Waals surface area contributed by atoms with Gasteiger partial charge in [0, 0.05) is 13.1 Å². The molecule has 0 bridgehead atoms. The number of carbonyl (C=O) groups excluding carboxylic acids is 1. The Hall–Kier alpha value is -2.98. The van der Waals surface area contributed by atoms with Gasteiger partial charge in [-0.05, 0) is 12.1 Å². The van der Waals surface area contributed by atoms with E-state index in [-0.39, 0.29) is 5.91 Å². The molecular weight excluding hydrogens is 294 g/mol. The minimum absolute atomic E-state index is 0.148. The molecule has 3 rings (SSSR count). The van der Waals surface area contributed by atoms with E-state index in [0.29, 0.717) is 49.1 Å². The lowest BCUT2D eigenvalue weighted by Gasteiger charge is -2.26. The van der Waals surface area contributed by atoms with Crippen molar-refractivity contribution in [2.45, 2.75) is 0 Å². The van der Waals surface area contributed by atoms with E-state index in [1.165, 1.54) is 12.4 Å². The Kier molecular flexibility index (Phi) is 4.45. The molecule has 1 aromatic heterocycles. The fraction of sp³-hybridized carbons (Fsp3) is 0.250. The highest BCUT2D eigenvalue weighted by Gasteiger charge is 2.19. The van der Waals surface area contributed by atoms with Gasteiger partial charge >= 0.3 is 0 Å². The van der Waals surface area contributed by atoms with Gasteiger partial charge in [0.2, 0.25) is 0 Å². The topological polar surface area (TPSA) is 91.1 Å². The molecule has 2 heterocycles. The van der Waals surface area contributed by atoms with Crippen LogP contribution in [0.2, 0.25) is 0 Å². The van der Waals surface area contributed by atoms with E-state index >= 15 is 0 Å². The molecule has 1 amide bonds. The number of hydrogen-bond acceptors (Lipinski definition) is 6. The molecule has 0 saturated carbocycles. The quantitative estimate of drug-likeness (QED) is 0.925. The Labute approximate surface area is 133 Å². The molecule has 0 spiro atoms. The smallest absolute Gasteiger partial charge is 0.274 e. The molecule has 0 aliphatic carbocycles. The van der Waals surface area contributed by atoms with Gasteiger partial charge in [-0.2, -0.15) is 5.26 Å². The zero-order chi connectivity index (χ0) is 16.1. The second kappa shape index (κ2) is 6.85. The van der Waals surface area contributed by atoms with Crippen LogP contribution in [0.3, 0.4) is 0 Å². The molecule has 1 aliphatic rings. The Morgan fingerprint density at radius 2 is 2.00 bits per heavy atom. The summed E-state index contributed by atoms with van der Waals surface area (Å²) in [6, 6.07) is 9.22. The van der Waals surface area contributed by atoms with Crippen LogP contribution in [0.4, 0.5) is 11.5 Å². The van der Waals surface area contributed by atoms with Crippen molar-refractivity contribution in [2.24, 2.45) is 0 Å². The molecule has 1 aliphatic heterocycles. The van der Waals surface area contributed by atoms with Crippen LogP contribution in [0.5, 0.6) is 0 Å². The summed E-state index contributed by atoms with van der Waals surface area (Å²) in [7, 11) is 0. The maximum absolute atomic E-state index is 12.3. The fourth-order valence-corrected chi connectivity index (χ4v) is 2.26. The highest BCUT2D eigenvalue weighted by atomic mass is 16.5. The van der Waals surface area contributed by atoms with Crippen LogP contribution in [0, 0.1) is 11.3 Å². The van der Waals surface area contributed by atoms with Crippen molar-refractivity contribution >= 4 is 17.4 Å². The lowest BCUT2D eigenvalue weighted by atomic mass is 10.2. The van der Waals surface area contributed by atoms with Gasteiger partial charge in [-0.1, -0.05) is 12.1 Å². The molecule has 1 N–H and O–H groups in total. The minimum atomic E-state index is -0.148. The van der Waals surface area contributed by atoms with Gasteiger partial charge in [0.15, 0.2) is 0 Å². The van der Waals surface area contributed by atoms with Gasteiger partial charge in [-0.25, -0.2) is 9.97 Å². The largest absolute Gasteiger partial charge is 0.378 e.